The average molecular weight is 282 g/mol. The first kappa shape index (κ1) is 15.7. The quantitative estimate of drug-likeness (QED) is 0.810. The van der Waals surface area contributed by atoms with Crippen molar-refractivity contribution >= 4 is 17.9 Å². The fourth-order valence-electron chi connectivity index (χ4n) is 1.46. The van der Waals surface area contributed by atoms with Gasteiger partial charge in [0.15, 0.2) is 0 Å². The van der Waals surface area contributed by atoms with E-state index < -0.39 is 12.0 Å². The summed E-state index contributed by atoms with van der Waals surface area (Å²) < 4.78 is 4.99. The second-order valence-electron chi connectivity index (χ2n) is 4.22. The zero-order chi connectivity index (χ0) is 15.1. The highest BCUT2D eigenvalue weighted by Crippen LogP contribution is 2.11. The number of methoxy groups -OCH3 is 1. The fraction of sp³-hybridized carbons (Fsp3) is 0.500. The number of carbonyl (C=O) groups excluding carboxylic acids is 1. The van der Waals surface area contributed by atoms with Crippen molar-refractivity contribution in [1.29, 1.82) is 0 Å². The predicted octanol–water partition coefficient (Wildman–Crippen LogP) is 1.12. The molecule has 2 amide bonds. The Balaban J connectivity index is 2.56. The minimum Gasteiger partial charge on any atom is -0.481 e. The van der Waals surface area contributed by atoms with Crippen LogP contribution in [0.1, 0.15) is 18.5 Å². The van der Waals surface area contributed by atoms with Gasteiger partial charge < -0.3 is 14.7 Å². The second kappa shape index (κ2) is 7.27. The van der Waals surface area contributed by atoms with Crippen molar-refractivity contribution in [3.8, 4) is 5.88 Å². The highest BCUT2D eigenvalue weighted by Gasteiger charge is 2.12. The van der Waals surface area contributed by atoms with E-state index in [2.05, 4.69) is 15.3 Å². The van der Waals surface area contributed by atoms with Gasteiger partial charge in [0, 0.05) is 31.8 Å². The maximum absolute atomic E-state index is 11.8. The second-order valence-corrected chi connectivity index (χ2v) is 4.22. The summed E-state index contributed by atoms with van der Waals surface area (Å²) in [6.45, 7) is 2.09. The molecule has 0 atom stereocenters. The first-order valence-electron chi connectivity index (χ1n) is 6.06. The molecule has 1 aromatic heterocycles. The Morgan fingerprint density at radius 3 is 2.75 bits per heavy atom. The minimum atomic E-state index is -0.884. The molecule has 0 saturated carbocycles. The van der Waals surface area contributed by atoms with E-state index in [1.54, 1.807) is 20.0 Å². The Labute approximate surface area is 116 Å². The van der Waals surface area contributed by atoms with Crippen molar-refractivity contribution in [1.82, 2.24) is 14.9 Å². The number of rotatable bonds is 6. The third-order valence-electron chi connectivity index (χ3n) is 2.49. The molecule has 8 heteroatoms. The van der Waals surface area contributed by atoms with E-state index >= 15 is 0 Å². The summed E-state index contributed by atoms with van der Waals surface area (Å²) in [6.07, 6.45) is 0.406. The molecule has 0 unspecified atom stereocenters. The predicted molar refractivity (Wildman–Crippen MR) is 71.8 cm³/mol. The van der Waals surface area contributed by atoms with Gasteiger partial charge in [-0.3, -0.25) is 10.1 Å². The highest BCUT2D eigenvalue weighted by molar-refractivity contribution is 5.87. The normalized spacial score (nSPS) is 9.95. The molecule has 1 rings (SSSR count). The third-order valence-corrected chi connectivity index (χ3v) is 2.49. The van der Waals surface area contributed by atoms with Crippen LogP contribution < -0.4 is 10.1 Å². The van der Waals surface area contributed by atoms with Gasteiger partial charge in [-0.1, -0.05) is 0 Å². The first-order valence-corrected chi connectivity index (χ1v) is 6.06. The first-order chi connectivity index (χ1) is 9.42. The van der Waals surface area contributed by atoms with E-state index in [4.69, 9.17) is 9.84 Å². The zero-order valence-electron chi connectivity index (χ0n) is 11.7. The Hall–Kier alpha value is -2.38. The maximum Gasteiger partial charge on any atom is 0.323 e. The molecule has 8 nitrogen and oxygen atoms in total. The lowest BCUT2D eigenvalue weighted by molar-refractivity contribution is -0.137. The van der Waals surface area contributed by atoms with Crippen LogP contribution in [0.15, 0.2) is 6.07 Å². The van der Waals surface area contributed by atoms with Gasteiger partial charge in [0.05, 0.1) is 7.11 Å². The van der Waals surface area contributed by atoms with E-state index in [1.807, 2.05) is 0 Å². The number of hydrogen-bond donors (Lipinski definition) is 2. The molecule has 0 aliphatic heterocycles. The lowest BCUT2D eigenvalue weighted by Gasteiger charge is -2.17. The summed E-state index contributed by atoms with van der Waals surface area (Å²) in [4.78, 5) is 31.7. The number of carboxylic acids is 1. The molecule has 110 valence electrons. The largest absolute Gasteiger partial charge is 0.481 e. The van der Waals surface area contributed by atoms with Crippen molar-refractivity contribution < 1.29 is 19.4 Å². The standard InChI is InChI=1S/C12H18N4O4/c1-8-7-9(20-3)14-11(13-8)15-12(19)16(2)6-4-5-10(17)18/h7H,4-6H2,1-3H3,(H,17,18)(H,13,14,15,19). The van der Waals surface area contributed by atoms with Crippen LogP contribution in [0.2, 0.25) is 0 Å². The molecule has 0 aliphatic rings. The smallest absolute Gasteiger partial charge is 0.323 e. The van der Waals surface area contributed by atoms with Gasteiger partial charge in [-0.25, -0.2) is 9.78 Å². The van der Waals surface area contributed by atoms with Crippen LogP contribution >= 0.6 is 0 Å². The van der Waals surface area contributed by atoms with Crippen molar-refractivity contribution in [3.63, 3.8) is 0 Å². The van der Waals surface area contributed by atoms with Gasteiger partial charge in [0.25, 0.3) is 0 Å². The number of ether oxygens (including phenoxy) is 1. The van der Waals surface area contributed by atoms with Gasteiger partial charge in [-0.2, -0.15) is 4.98 Å². The molecule has 2 N–H and O–H groups in total. The van der Waals surface area contributed by atoms with Crippen LogP contribution in [0.5, 0.6) is 5.88 Å². The molecular formula is C12H18N4O4. The van der Waals surface area contributed by atoms with E-state index in [0.717, 1.165) is 0 Å². The summed E-state index contributed by atoms with van der Waals surface area (Å²) in [5.41, 5.74) is 0.667. The van der Waals surface area contributed by atoms with Crippen LogP contribution in [0, 0.1) is 6.92 Å². The summed E-state index contributed by atoms with van der Waals surface area (Å²) >= 11 is 0. The number of carbonyl (C=O) groups is 2. The van der Waals surface area contributed by atoms with Crippen LogP contribution in [0.25, 0.3) is 0 Å². The van der Waals surface area contributed by atoms with Gasteiger partial charge in [-0.05, 0) is 13.3 Å². The fourth-order valence-corrected chi connectivity index (χ4v) is 1.46. The third kappa shape index (κ3) is 5.09. The van der Waals surface area contributed by atoms with E-state index in [1.165, 1.54) is 12.0 Å². The molecule has 0 bridgehead atoms. The monoisotopic (exact) mass is 282 g/mol. The van der Waals surface area contributed by atoms with Crippen LogP contribution in [-0.2, 0) is 4.79 Å². The number of hydrogen-bond acceptors (Lipinski definition) is 5. The number of aryl methyl sites for hydroxylation is 1. The van der Waals surface area contributed by atoms with E-state index in [-0.39, 0.29) is 12.4 Å². The number of amides is 2. The highest BCUT2D eigenvalue weighted by atomic mass is 16.5. The number of aromatic nitrogens is 2. The zero-order valence-corrected chi connectivity index (χ0v) is 11.7. The van der Waals surface area contributed by atoms with Crippen molar-refractivity contribution in [2.24, 2.45) is 0 Å². The molecule has 1 heterocycles. The number of nitrogens with one attached hydrogen (secondary N) is 1. The molecule has 0 saturated heterocycles. The maximum atomic E-state index is 11.8. The molecule has 0 radical (unpaired) electrons. The lowest BCUT2D eigenvalue weighted by atomic mass is 10.3. The number of urea groups is 1. The average Bonchev–Trinajstić information content (AvgIpc) is 2.37. The van der Waals surface area contributed by atoms with E-state index in [0.29, 0.717) is 24.5 Å². The Morgan fingerprint density at radius 2 is 2.15 bits per heavy atom. The van der Waals surface area contributed by atoms with Gasteiger partial charge in [0.2, 0.25) is 11.8 Å². The van der Waals surface area contributed by atoms with Crippen molar-refractivity contribution in [2.75, 3.05) is 26.0 Å². The summed E-state index contributed by atoms with van der Waals surface area (Å²) in [7, 11) is 3.05. The molecule has 1 aromatic rings. The molecule has 0 spiro atoms. The number of aliphatic carboxylic acids is 1. The summed E-state index contributed by atoms with van der Waals surface area (Å²) in [5.74, 6) is -0.371. The van der Waals surface area contributed by atoms with Crippen molar-refractivity contribution in [2.45, 2.75) is 19.8 Å². The van der Waals surface area contributed by atoms with Gasteiger partial charge >= 0.3 is 12.0 Å². The Kier molecular flexibility index (Phi) is 5.70. The van der Waals surface area contributed by atoms with Crippen LogP contribution in [0.3, 0.4) is 0 Å². The van der Waals surface area contributed by atoms with Crippen LogP contribution in [0.4, 0.5) is 10.7 Å². The summed E-state index contributed by atoms with van der Waals surface area (Å²) in [5, 5.41) is 11.1. The summed E-state index contributed by atoms with van der Waals surface area (Å²) in [6, 6.07) is 1.25. The Bertz CT molecular complexity index is 492. The molecule has 0 fully saturated rings. The number of nitrogens with zero attached hydrogens (tertiary/aromatic N) is 3. The number of anilines is 1. The molecule has 20 heavy (non-hydrogen) atoms. The topological polar surface area (TPSA) is 105 Å². The van der Waals surface area contributed by atoms with Gasteiger partial charge in [-0.15, -0.1) is 0 Å². The SMILES string of the molecule is COc1cc(C)nc(NC(=O)N(C)CCCC(=O)O)n1. The lowest BCUT2D eigenvalue weighted by Crippen LogP contribution is -2.33. The van der Waals surface area contributed by atoms with Crippen LogP contribution in [-0.4, -0.2) is 52.7 Å². The minimum absolute atomic E-state index is 0.0202. The van der Waals surface area contributed by atoms with E-state index in [9.17, 15) is 9.59 Å². The molecular weight excluding hydrogens is 264 g/mol. The Morgan fingerprint density at radius 1 is 1.45 bits per heavy atom. The molecule has 0 aliphatic carbocycles. The van der Waals surface area contributed by atoms with Gasteiger partial charge in [0.1, 0.15) is 0 Å². The number of carboxylic acid groups (broad SMARTS) is 1. The van der Waals surface area contributed by atoms with Crippen molar-refractivity contribution in [3.05, 3.63) is 11.8 Å². The molecule has 0 aromatic carbocycles.